The van der Waals surface area contributed by atoms with Crippen LogP contribution in [-0.2, 0) is 6.54 Å². The molecule has 0 aliphatic heterocycles. The minimum atomic E-state index is 0.534. The molecule has 1 rings (SSSR count). The molecule has 0 aliphatic rings. The summed E-state index contributed by atoms with van der Waals surface area (Å²) >= 11 is 0. The van der Waals surface area contributed by atoms with Gasteiger partial charge in [-0.1, -0.05) is 51.8 Å². The van der Waals surface area contributed by atoms with Crippen LogP contribution >= 0.6 is 0 Å². The average molecular weight is 292 g/mol. The first-order valence-corrected chi connectivity index (χ1v) is 8.38. The Bertz CT molecular complexity index is 377. The second kappa shape index (κ2) is 10.6. The SMILES string of the molecule is CCC(CC)CN(CC)CCCOc1ccccc1CN. The van der Waals surface area contributed by atoms with Gasteiger partial charge in [0.2, 0.25) is 0 Å². The lowest BCUT2D eigenvalue weighted by Gasteiger charge is -2.25. The smallest absolute Gasteiger partial charge is 0.123 e. The molecule has 0 heterocycles. The molecule has 21 heavy (non-hydrogen) atoms. The summed E-state index contributed by atoms with van der Waals surface area (Å²) in [5.74, 6) is 1.76. The van der Waals surface area contributed by atoms with Gasteiger partial charge in [0.15, 0.2) is 0 Å². The van der Waals surface area contributed by atoms with Crippen LogP contribution in [0.5, 0.6) is 5.75 Å². The van der Waals surface area contributed by atoms with Crippen LogP contribution in [0.25, 0.3) is 0 Å². The van der Waals surface area contributed by atoms with Crippen molar-refractivity contribution in [2.75, 3.05) is 26.2 Å². The monoisotopic (exact) mass is 292 g/mol. The summed E-state index contributed by atoms with van der Waals surface area (Å²) in [5, 5.41) is 0. The first-order chi connectivity index (χ1) is 10.2. The van der Waals surface area contributed by atoms with E-state index in [-0.39, 0.29) is 0 Å². The number of ether oxygens (including phenoxy) is 1. The van der Waals surface area contributed by atoms with E-state index in [0.29, 0.717) is 6.54 Å². The van der Waals surface area contributed by atoms with E-state index in [1.165, 1.54) is 19.4 Å². The summed E-state index contributed by atoms with van der Waals surface area (Å²) in [7, 11) is 0. The van der Waals surface area contributed by atoms with Gasteiger partial charge in [-0.25, -0.2) is 0 Å². The fourth-order valence-corrected chi connectivity index (χ4v) is 2.57. The Kier molecular flexibility index (Phi) is 9.11. The van der Waals surface area contributed by atoms with Crippen molar-refractivity contribution in [1.82, 2.24) is 4.90 Å². The van der Waals surface area contributed by atoms with Gasteiger partial charge in [0.1, 0.15) is 5.75 Å². The number of nitrogens with two attached hydrogens (primary N) is 1. The summed E-state index contributed by atoms with van der Waals surface area (Å²) in [5.41, 5.74) is 6.81. The molecule has 0 saturated heterocycles. The highest BCUT2D eigenvalue weighted by Crippen LogP contribution is 2.17. The molecular formula is C18H32N2O. The molecule has 1 aromatic carbocycles. The molecule has 0 aromatic heterocycles. The van der Waals surface area contributed by atoms with Gasteiger partial charge >= 0.3 is 0 Å². The predicted molar refractivity (Wildman–Crippen MR) is 90.6 cm³/mol. The molecule has 0 bridgehead atoms. The normalized spacial score (nSPS) is 11.3. The highest BCUT2D eigenvalue weighted by atomic mass is 16.5. The zero-order valence-electron chi connectivity index (χ0n) is 14.0. The fourth-order valence-electron chi connectivity index (χ4n) is 2.57. The zero-order valence-corrected chi connectivity index (χ0v) is 14.0. The molecule has 0 fully saturated rings. The highest BCUT2D eigenvalue weighted by molar-refractivity contribution is 5.32. The molecule has 0 unspecified atom stereocenters. The van der Waals surface area contributed by atoms with Gasteiger partial charge in [-0.3, -0.25) is 0 Å². The minimum absolute atomic E-state index is 0.534. The number of benzene rings is 1. The topological polar surface area (TPSA) is 38.5 Å². The molecule has 0 aliphatic carbocycles. The van der Waals surface area contributed by atoms with Crippen LogP contribution in [0.15, 0.2) is 24.3 Å². The van der Waals surface area contributed by atoms with Crippen molar-refractivity contribution in [3.05, 3.63) is 29.8 Å². The molecule has 0 atom stereocenters. The lowest BCUT2D eigenvalue weighted by Crippen LogP contribution is -2.30. The van der Waals surface area contributed by atoms with Crippen LogP contribution in [0.4, 0.5) is 0 Å². The molecule has 0 saturated carbocycles. The van der Waals surface area contributed by atoms with Crippen molar-refractivity contribution in [3.8, 4) is 5.75 Å². The summed E-state index contributed by atoms with van der Waals surface area (Å²) in [6.45, 7) is 11.6. The Labute approximate surface area is 130 Å². The van der Waals surface area contributed by atoms with E-state index in [1.54, 1.807) is 0 Å². The number of hydrogen-bond acceptors (Lipinski definition) is 3. The van der Waals surface area contributed by atoms with Crippen molar-refractivity contribution in [3.63, 3.8) is 0 Å². The summed E-state index contributed by atoms with van der Waals surface area (Å²) in [4.78, 5) is 2.54. The van der Waals surface area contributed by atoms with Crippen LogP contribution in [0.1, 0.15) is 45.6 Å². The van der Waals surface area contributed by atoms with E-state index < -0.39 is 0 Å². The van der Waals surface area contributed by atoms with Crippen LogP contribution in [-0.4, -0.2) is 31.1 Å². The molecular weight excluding hydrogens is 260 g/mol. The Morgan fingerprint density at radius 2 is 1.86 bits per heavy atom. The quantitative estimate of drug-likeness (QED) is 0.632. The lowest BCUT2D eigenvalue weighted by molar-refractivity contribution is 0.209. The van der Waals surface area contributed by atoms with Gasteiger partial charge in [-0.15, -0.1) is 0 Å². The standard InChI is InChI=1S/C18H32N2O/c1-4-16(5-2)15-20(6-3)12-9-13-21-18-11-8-7-10-17(18)14-19/h7-8,10-11,16H,4-6,9,12-15,19H2,1-3H3. The fraction of sp³-hybridized carbons (Fsp3) is 0.667. The van der Waals surface area contributed by atoms with E-state index in [2.05, 4.69) is 25.7 Å². The Hall–Kier alpha value is -1.06. The Balaban J connectivity index is 2.31. The second-order valence-electron chi connectivity index (χ2n) is 5.59. The predicted octanol–water partition coefficient (Wildman–Crippen LogP) is 3.67. The molecule has 0 spiro atoms. The first-order valence-electron chi connectivity index (χ1n) is 8.38. The van der Waals surface area contributed by atoms with Crippen molar-refractivity contribution in [2.45, 2.75) is 46.6 Å². The van der Waals surface area contributed by atoms with Crippen molar-refractivity contribution in [2.24, 2.45) is 11.7 Å². The third-order valence-corrected chi connectivity index (χ3v) is 4.19. The van der Waals surface area contributed by atoms with Gasteiger partial charge in [-0.2, -0.15) is 0 Å². The third kappa shape index (κ3) is 6.49. The van der Waals surface area contributed by atoms with E-state index in [0.717, 1.165) is 43.3 Å². The molecule has 0 radical (unpaired) electrons. The van der Waals surface area contributed by atoms with Crippen LogP contribution in [0.2, 0.25) is 0 Å². The third-order valence-electron chi connectivity index (χ3n) is 4.19. The minimum Gasteiger partial charge on any atom is -0.493 e. The summed E-state index contributed by atoms with van der Waals surface area (Å²) < 4.78 is 5.87. The van der Waals surface area contributed by atoms with E-state index in [1.807, 2.05) is 24.3 Å². The van der Waals surface area contributed by atoms with E-state index in [9.17, 15) is 0 Å². The van der Waals surface area contributed by atoms with Crippen LogP contribution < -0.4 is 10.5 Å². The maximum Gasteiger partial charge on any atom is 0.123 e. The number of nitrogens with zero attached hydrogens (tertiary/aromatic N) is 1. The second-order valence-corrected chi connectivity index (χ2v) is 5.59. The summed E-state index contributed by atoms with van der Waals surface area (Å²) in [6, 6.07) is 8.04. The van der Waals surface area contributed by atoms with Gasteiger partial charge in [0, 0.05) is 25.2 Å². The number of para-hydroxylation sites is 1. The van der Waals surface area contributed by atoms with Gasteiger partial charge < -0.3 is 15.4 Å². The molecule has 3 heteroatoms. The lowest BCUT2D eigenvalue weighted by atomic mass is 10.0. The largest absolute Gasteiger partial charge is 0.493 e. The van der Waals surface area contributed by atoms with Gasteiger partial charge in [0.05, 0.1) is 6.61 Å². The molecule has 2 N–H and O–H groups in total. The van der Waals surface area contributed by atoms with Crippen molar-refractivity contribution < 1.29 is 4.74 Å². The summed E-state index contributed by atoms with van der Waals surface area (Å²) in [6.07, 6.45) is 3.60. The zero-order chi connectivity index (χ0) is 15.5. The number of rotatable bonds is 11. The van der Waals surface area contributed by atoms with Crippen molar-refractivity contribution in [1.29, 1.82) is 0 Å². The molecule has 0 amide bonds. The Morgan fingerprint density at radius 3 is 2.48 bits per heavy atom. The van der Waals surface area contributed by atoms with Gasteiger partial charge in [-0.05, 0) is 24.9 Å². The molecule has 3 nitrogen and oxygen atoms in total. The van der Waals surface area contributed by atoms with Crippen molar-refractivity contribution >= 4 is 0 Å². The first kappa shape index (κ1) is 18.0. The highest BCUT2D eigenvalue weighted by Gasteiger charge is 2.09. The molecule has 1 aromatic rings. The maximum atomic E-state index is 5.87. The maximum absolute atomic E-state index is 5.87. The van der Waals surface area contributed by atoms with Crippen LogP contribution in [0.3, 0.4) is 0 Å². The molecule has 120 valence electrons. The van der Waals surface area contributed by atoms with E-state index >= 15 is 0 Å². The van der Waals surface area contributed by atoms with Gasteiger partial charge in [0.25, 0.3) is 0 Å². The Morgan fingerprint density at radius 1 is 1.14 bits per heavy atom. The average Bonchev–Trinajstić information content (AvgIpc) is 2.54. The number of hydrogen-bond donors (Lipinski definition) is 1. The van der Waals surface area contributed by atoms with Crippen LogP contribution in [0, 0.1) is 5.92 Å². The van der Waals surface area contributed by atoms with E-state index in [4.69, 9.17) is 10.5 Å².